The maximum Gasteiger partial charge on any atom is 0.242 e. The highest BCUT2D eigenvalue weighted by molar-refractivity contribution is 5.86. The summed E-state index contributed by atoms with van der Waals surface area (Å²) in [7, 11) is 0. The molecule has 1 aromatic carbocycles. The quantitative estimate of drug-likeness (QED) is 0.755. The van der Waals surface area contributed by atoms with Crippen molar-refractivity contribution in [2.75, 3.05) is 26.2 Å². The van der Waals surface area contributed by atoms with E-state index in [9.17, 15) is 9.59 Å². The molecule has 5 nitrogen and oxygen atoms in total. The Hall–Kier alpha value is -2.04. The number of carbonyl (C=O) groups is 2. The lowest BCUT2D eigenvalue weighted by Gasteiger charge is -2.36. The first-order valence-corrected chi connectivity index (χ1v) is 7.83. The number of piperazine rings is 1. The Kier molecular flexibility index (Phi) is 5.81. The Bertz CT molecular complexity index is 502. The van der Waals surface area contributed by atoms with Gasteiger partial charge in [0.15, 0.2) is 0 Å². The van der Waals surface area contributed by atoms with Gasteiger partial charge in [-0.15, -0.1) is 0 Å². The van der Waals surface area contributed by atoms with Gasteiger partial charge in [0.05, 0.1) is 13.2 Å². The van der Waals surface area contributed by atoms with Gasteiger partial charge in [-0.2, -0.15) is 0 Å². The summed E-state index contributed by atoms with van der Waals surface area (Å²) in [6.07, 6.45) is 1.08. The molecule has 1 saturated heterocycles. The van der Waals surface area contributed by atoms with Gasteiger partial charge in [-0.25, -0.2) is 0 Å². The SMILES string of the molecule is CC(C)N1CCN(C(=O)CCCOc2ccccc2)CC1=O. The number of hydrogen-bond acceptors (Lipinski definition) is 3. The largest absolute Gasteiger partial charge is 0.494 e. The van der Waals surface area contributed by atoms with Crippen LogP contribution in [0, 0.1) is 0 Å². The van der Waals surface area contributed by atoms with Crippen LogP contribution in [-0.2, 0) is 9.59 Å². The third-order valence-corrected chi connectivity index (χ3v) is 3.78. The van der Waals surface area contributed by atoms with Crippen LogP contribution in [0.25, 0.3) is 0 Å². The van der Waals surface area contributed by atoms with Crippen molar-refractivity contribution in [3.05, 3.63) is 30.3 Å². The summed E-state index contributed by atoms with van der Waals surface area (Å²) in [5.41, 5.74) is 0. The minimum absolute atomic E-state index is 0.0356. The molecule has 0 unspecified atom stereocenters. The molecule has 1 heterocycles. The number of ether oxygens (including phenoxy) is 1. The van der Waals surface area contributed by atoms with Crippen molar-refractivity contribution >= 4 is 11.8 Å². The summed E-state index contributed by atoms with van der Waals surface area (Å²) in [6, 6.07) is 9.76. The van der Waals surface area contributed by atoms with Crippen molar-refractivity contribution < 1.29 is 14.3 Å². The lowest BCUT2D eigenvalue weighted by molar-refractivity contribution is -0.146. The molecule has 120 valence electrons. The summed E-state index contributed by atoms with van der Waals surface area (Å²) in [5.74, 6) is 0.888. The number of amides is 2. The summed E-state index contributed by atoms with van der Waals surface area (Å²) >= 11 is 0. The van der Waals surface area contributed by atoms with Crippen LogP contribution in [0.2, 0.25) is 0 Å². The Morgan fingerprint density at radius 1 is 1.23 bits per heavy atom. The first-order valence-electron chi connectivity index (χ1n) is 7.83. The van der Waals surface area contributed by atoms with E-state index in [-0.39, 0.29) is 24.4 Å². The van der Waals surface area contributed by atoms with E-state index >= 15 is 0 Å². The molecule has 1 fully saturated rings. The van der Waals surface area contributed by atoms with E-state index in [0.29, 0.717) is 32.5 Å². The monoisotopic (exact) mass is 304 g/mol. The Labute approximate surface area is 131 Å². The van der Waals surface area contributed by atoms with Crippen LogP contribution in [0.3, 0.4) is 0 Å². The summed E-state index contributed by atoms with van der Waals surface area (Å²) in [4.78, 5) is 27.6. The van der Waals surface area contributed by atoms with E-state index < -0.39 is 0 Å². The van der Waals surface area contributed by atoms with E-state index in [0.717, 1.165) is 5.75 Å². The molecular formula is C17H24N2O3. The highest BCUT2D eigenvalue weighted by Gasteiger charge is 2.27. The van der Waals surface area contributed by atoms with Gasteiger partial charge in [-0.05, 0) is 32.4 Å². The Morgan fingerprint density at radius 3 is 2.59 bits per heavy atom. The number of nitrogens with zero attached hydrogens (tertiary/aromatic N) is 2. The van der Waals surface area contributed by atoms with Crippen LogP contribution >= 0.6 is 0 Å². The molecule has 1 aliphatic heterocycles. The number of hydrogen-bond donors (Lipinski definition) is 0. The van der Waals surface area contributed by atoms with Gasteiger partial charge in [-0.3, -0.25) is 9.59 Å². The van der Waals surface area contributed by atoms with E-state index in [1.54, 1.807) is 4.90 Å². The molecule has 2 amide bonds. The molecule has 0 bridgehead atoms. The fourth-order valence-electron chi connectivity index (χ4n) is 2.53. The molecule has 0 N–H and O–H groups in total. The third kappa shape index (κ3) is 4.48. The summed E-state index contributed by atoms with van der Waals surface area (Å²) < 4.78 is 5.57. The van der Waals surface area contributed by atoms with Gasteiger partial charge in [0.1, 0.15) is 5.75 Å². The standard InChI is InChI=1S/C17H24N2O3/c1-14(2)19-11-10-18(13-17(19)21)16(20)9-6-12-22-15-7-4-3-5-8-15/h3-5,7-8,14H,6,9-13H2,1-2H3. The lowest BCUT2D eigenvalue weighted by Crippen LogP contribution is -2.54. The topological polar surface area (TPSA) is 49.9 Å². The van der Waals surface area contributed by atoms with Gasteiger partial charge in [0.25, 0.3) is 0 Å². The number of carbonyl (C=O) groups excluding carboxylic acids is 2. The third-order valence-electron chi connectivity index (χ3n) is 3.78. The molecule has 0 aromatic heterocycles. The van der Waals surface area contributed by atoms with Gasteiger partial charge in [0, 0.05) is 25.6 Å². The van der Waals surface area contributed by atoms with Crippen LogP contribution in [0.5, 0.6) is 5.75 Å². The fraction of sp³-hybridized carbons (Fsp3) is 0.529. The molecule has 5 heteroatoms. The average Bonchev–Trinajstić information content (AvgIpc) is 2.52. The van der Waals surface area contributed by atoms with Gasteiger partial charge in [-0.1, -0.05) is 18.2 Å². The highest BCUT2D eigenvalue weighted by Crippen LogP contribution is 2.11. The summed E-state index contributed by atoms with van der Waals surface area (Å²) in [6.45, 7) is 5.96. The van der Waals surface area contributed by atoms with E-state index in [1.807, 2.05) is 49.1 Å². The van der Waals surface area contributed by atoms with Crippen molar-refractivity contribution in [1.29, 1.82) is 0 Å². The molecule has 0 saturated carbocycles. The maximum absolute atomic E-state index is 12.1. The molecular weight excluding hydrogens is 280 g/mol. The van der Waals surface area contributed by atoms with E-state index in [1.165, 1.54) is 0 Å². The highest BCUT2D eigenvalue weighted by atomic mass is 16.5. The number of para-hydroxylation sites is 1. The minimum Gasteiger partial charge on any atom is -0.494 e. The van der Waals surface area contributed by atoms with Crippen LogP contribution in [0.4, 0.5) is 0 Å². The Morgan fingerprint density at radius 2 is 1.95 bits per heavy atom. The van der Waals surface area contributed by atoms with Crippen molar-refractivity contribution in [3.8, 4) is 5.75 Å². The zero-order chi connectivity index (χ0) is 15.9. The predicted octanol–water partition coefficient (Wildman–Crippen LogP) is 1.92. The summed E-state index contributed by atoms with van der Waals surface area (Å²) in [5, 5.41) is 0. The normalized spacial score (nSPS) is 15.3. The average molecular weight is 304 g/mol. The molecule has 1 aliphatic rings. The van der Waals surface area contributed by atoms with E-state index in [2.05, 4.69) is 0 Å². The zero-order valence-electron chi connectivity index (χ0n) is 13.3. The lowest BCUT2D eigenvalue weighted by atomic mass is 10.2. The van der Waals surface area contributed by atoms with Gasteiger partial charge < -0.3 is 14.5 Å². The molecule has 0 atom stereocenters. The second-order valence-corrected chi connectivity index (χ2v) is 5.76. The fourth-order valence-corrected chi connectivity index (χ4v) is 2.53. The second-order valence-electron chi connectivity index (χ2n) is 5.76. The zero-order valence-corrected chi connectivity index (χ0v) is 13.3. The second kappa shape index (κ2) is 7.82. The van der Waals surface area contributed by atoms with Crippen LogP contribution in [0.1, 0.15) is 26.7 Å². The maximum atomic E-state index is 12.1. The first-order chi connectivity index (χ1) is 10.6. The number of rotatable bonds is 6. The van der Waals surface area contributed by atoms with Crippen LogP contribution in [0.15, 0.2) is 30.3 Å². The van der Waals surface area contributed by atoms with Crippen LogP contribution < -0.4 is 4.74 Å². The molecule has 1 aromatic rings. The molecule has 0 spiro atoms. The van der Waals surface area contributed by atoms with Gasteiger partial charge >= 0.3 is 0 Å². The first kappa shape index (κ1) is 16.3. The van der Waals surface area contributed by atoms with Crippen LogP contribution in [-0.4, -0.2) is 53.9 Å². The molecule has 2 rings (SSSR count). The smallest absolute Gasteiger partial charge is 0.242 e. The van der Waals surface area contributed by atoms with Crippen molar-refractivity contribution in [2.45, 2.75) is 32.7 Å². The predicted molar refractivity (Wildman–Crippen MR) is 84.6 cm³/mol. The molecule has 22 heavy (non-hydrogen) atoms. The van der Waals surface area contributed by atoms with Gasteiger partial charge in [0.2, 0.25) is 11.8 Å². The van der Waals surface area contributed by atoms with E-state index in [4.69, 9.17) is 4.74 Å². The van der Waals surface area contributed by atoms with Crippen molar-refractivity contribution in [3.63, 3.8) is 0 Å². The minimum atomic E-state index is 0.0356. The Balaban J connectivity index is 1.69. The van der Waals surface area contributed by atoms with Crippen molar-refractivity contribution in [2.24, 2.45) is 0 Å². The van der Waals surface area contributed by atoms with Crippen molar-refractivity contribution in [1.82, 2.24) is 9.80 Å². The number of benzene rings is 1. The molecule has 0 aliphatic carbocycles. The molecule has 0 radical (unpaired) electrons.